The average molecular weight is 670 g/mol. The highest BCUT2D eigenvalue weighted by Gasteiger charge is 2.52. The number of hydrogen-bond donors (Lipinski definition) is 0. The fraction of sp³-hybridized carbons (Fsp3) is 0.290. The number of benzene rings is 2. The molecule has 45 heavy (non-hydrogen) atoms. The van der Waals surface area contributed by atoms with Crippen LogP contribution in [0.15, 0.2) is 78.2 Å². The van der Waals surface area contributed by atoms with Gasteiger partial charge in [-0.3, -0.25) is 14.3 Å². The maximum Gasteiger partial charge on any atom is 0.409 e. The van der Waals surface area contributed by atoms with Crippen LogP contribution in [-0.2, 0) is 31.5 Å². The molecule has 234 valence electrons. The van der Waals surface area contributed by atoms with Crippen LogP contribution >= 0.6 is 23.2 Å². The third-order valence-corrected chi connectivity index (χ3v) is 10.3. The molecule has 14 heteroatoms. The summed E-state index contributed by atoms with van der Waals surface area (Å²) in [4.78, 5) is 38.1. The van der Waals surface area contributed by atoms with Crippen molar-refractivity contribution in [3.8, 4) is 11.1 Å². The molecule has 2 aromatic carbocycles. The number of anilines is 2. The minimum Gasteiger partial charge on any atom is -0.450 e. The minimum absolute atomic E-state index is 0.0652. The molecule has 0 aliphatic carbocycles. The first-order valence-electron chi connectivity index (χ1n) is 14.3. The summed E-state index contributed by atoms with van der Waals surface area (Å²) < 4.78 is 36.2. The molecule has 2 aromatic heterocycles. The van der Waals surface area contributed by atoms with Gasteiger partial charge in [0.15, 0.2) is 5.03 Å². The normalized spacial score (nSPS) is 18.7. The van der Waals surface area contributed by atoms with Gasteiger partial charge in [0.2, 0.25) is 5.95 Å². The largest absolute Gasteiger partial charge is 0.450 e. The Balaban J connectivity index is 1.39. The summed E-state index contributed by atoms with van der Waals surface area (Å²) >= 11 is 12.6. The van der Waals surface area contributed by atoms with Crippen LogP contribution in [0.1, 0.15) is 19.4 Å². The van der Waals surface area contributed by atoms with Gasteiger partial charge in [0.1, 0.15) is 5.54 Å². The van der Waals surface area contributed by atoms with Crippen LogP contribution in [0.3, 0.4) is 0 Å². The first-order chi connectivity index (χ1) is 21.5. The fourth-order valence-corrected chi connectivity index (χ4v) is 7.94. The molecule has 2 amide bonds. The van der Waals surface area contributed by atoms with Gasteiger partial charge in [-0.2, -0.15) is 4.31 Å². The fourth-order valence-electron chi connectivity index (χ4n) is 5.82. The number of pyridine rings is 1. The molecule has 6 rings (SSSR count). The Morgan fingerprint density at radius 1 is 0.978 bits per heavy atom. The number of ether oxygens (including phenoxy) is 1. The molecule has 0 saturated carbocycles. The van der Waals surface area contributed by atoms with Crippen molar-refractivity contribution in [1.29, 1.82) is 0 Å². The quantitative estimate of drug-likeness (QED) is 0.260. The maximum atomic E-state index is 14.4. The summed E-state index contributed by atoms with van der Waals surface area (Å²) in [6, 6.07) is 16.3. The van der Waals surface area contributed by atoms with Gasteiger partial charge in [0.05, 0.1) is 18.5 Å². The lowest BCUT2D eigenvalue weighted by Crippen LogP contribution is -2.51. The van der Waals surface area contributed by atoms with E-state index in [-0.39, 0.29) is 56.1 Å². The zero-order valence-corrected chi connectivity index (χ0v) is 26.9. The van der Waals surface area contributed by atoms with E-state index in [4.69, 9.17) is 27.9 Å². The topological polar surface area (TPSA) is 118 Å². The highest BCUT2D eigenvalue weighted by molar-refractivity contribution is 7.89. The highest BCUT2D eigenvalue weighted by atomic mass is 35.5. The van der Waals surface area contributed by atoms with Crippen LogP contribution < -0.4 is 4.90 Å². The number of piperazine rings is 1. The summed E-state index contributed by atoms with van der Waals surface area (Å²) in [7, 11) is -4.14. The Bertz CT molecular complexity index is 1840. The smallest absolute Gasteiger partial charge is 0.409 e. The molecular formula is C31H30Cl2N6O5S. The summed E-state index contributed by atoms with van der Waals surface area (Å²) in [5.74, 6) is -0.250. The lowest BCUT2D eigenvalue weighted by atomic mass is 9.91. The standard InChI is InChI=1S/C31H30Cl2N6O5S/c1-3-44-30(41)36-11-13-37(14-12-36)45(42,43)27-20-35-29-38(26-16-24(32)15-25(33)17-26)28(40)31(2,39(27)29)18-21-6-8-22(9-7-21)23-5-4-10-34-19-23/h4-10,15-17,19-20H,3,11-14,18H2,1-2H3. The second-order valence-electron chi connectivity index (χ2n) is 11.0. The number of hydrogen-bond acceptors (Lipinski definition) is 7. The molecular weight excluding hydrogens is 639 g/mol. The summed E-state index contributed by atoms with van der Waals surface area (Å²) in [6.07, 6.45) is 4.44. The van der Waals surface area contributed by atoms with Gasteiger partial charge < -0.3 is 9.64 Å². The van der Waals surface area contributed by atoms with Crippen LogP contribution in [0.5, 0.6) is 0 Å². The van der Waals surface area contributed by atoms with E-state index < -0.39 is 21.7 Å². The number of aromatic nitrogens is 3. The van der Waals surface area contributed by atoms with Crippen molar-refractivity contribution in [2.45, 2.75) is 30.8 Å². The van der Waals surface area contributed by atoms with Crippen molar-refractivity contribution in [3.63, 3.8) is 0 Å². The Kier molecular flexibility index (Phi) is 8.33. The third kappa shape index (κ3) is 5.67. The van der Waals surface area contributed by atoms with E-state index >= 15 is 0 Å². The number of halogens is 2. The maximum absolute atomic E-state index is 14.4. The third-order valence-electron chi connectivity index (χ3n) is 8.04. The van der Waals surface area contributed by atoms with Crippen molar-refractivity contribution in [1.82, 2.24) is 23.7 Å². The van der Waals surface area contributed by atoms with E-state index in [0.29, 0.717) is 15.7 Å². The molecule has 0 N–H and O–H groups in total. The second kappa shape index (κ2) is 12.1. The van der Waals surface area contributed by atoms with Crippen molar-refractivity contribution < 1.29 is 22.7 Å². The number of amides is 2. The summed E-state index contributed by atoms with van der Waals surface area (Å²) in [6.45, 7) is 4.13. The number of fused-ring (bicyclic) bond motifs is 1. The molecule has 1 atom stereocenters. The molecule has 4 aromatic rings. The molecule has 4 heterocycles. The van der Waals surface area contributed by atoms with Crippen LogP contribution in [0.4, 0.5) is 16.4 Å². The van der Waals surface area contributed by atoms with E-state index in [9.17, 15) is 18.0 Å². The monoisotopic (exact) mass is 668 g/mol. The van der Waals surface area contributed by atoms with Crippen LogP contribution in [0.25, 0.3) is 11.1 Å². The van der Waals surface area contributed by atoms with Gasteiger partial charge in [-0.15, -0.1) is 0 Å². The molecule has 2 aliphatic rings. The lowest BCUT2D eigenvalue weighted by molar-refractivity contribution is -0.124. The lowest BCUT2D eigenvalue weighted by Gasteiger charge is -2.34. The molecule has 0 radical (unpaired) electrons. The molecule has 0 spiro atoms. The van der Waals surface area contributed by atoms with E-state index in [1.54, 1.807) is 44.4 Å². The van der Waals surface area contributed by atoms with E-state index in [1.807, 2.05) is 36.4 Å². The zero-order chi connectivity index (χ0) is 31.9. The van der Waals surface area contributed by atoms with Crippen LogP contribution in [0.2, 0.25) is 10.0 Å². The zero-order valence-electron chi connectivity index (χ0n) is 24.6. The summed E-state index contributed by atoms with van der Waals surface area (Å²) in [5.41, 5.74) is 1.71. The number of carbonyl (C=O) groups excluding carboxylic acids is 2. The van der Waals surface area contributed by atoms with Crippen molar-refractivity contribution >= 4 is 56.9 Å². The molecule has 0 bridgehead atoms. The first-order valence-corrected chi connectivity index (χ1v) is 16.5. The highest BCUT2D eigenvalue weighted by Crippen LogP contribution is 2.45. The van der Waals surface area contributed by atoms with Crippen molar-refractivity contribution in [3.05, 3.63) is 88.8 Å². The van der Waals surface area contributed by atoms with Gasteiger partial charge in [0.25, 0.3) is 15.9 Å². The second-order valence-corrected chi connectivity index (χ2v) is 13.7. The Morgan fingerprint density at radius 2 is 1.67 bits per heavy atom. The first kappa shape index (κ1) is 31.0. The van der Waals surface area contributed by atoms with Crippen molar-refractivity contribution in [2.24, 2.45) is 0 Å². The SMILES string of the molecule is CCOC(=O)N1CCN(S(=O)(=O)c2cnc3n2C(C)(Cc2ccc(-c4cccnc4)cc2)C(=O)N3c2cc(Cl)cc(Cl)c2)CC1. The predicted octanol–water partition coefficient (Wildman–Crippen LogP) is 5.35. The Morgan fingerprint density at radius 3 is 2.29 bits per heavy atom. The van der Waals surface area contributed by atoms with Crippen molar-refractivity contribution in [2.75, 3.05) is 37.7 Å². The average Bonchev–Trinajstić information content (AvgIpc) is 3.55. The van der Waals surface area contributed by atoms with Crippen LogP contribution in [-0.4, -0.2) is 76.9 Å². The predicted molar refractivity (Wildman–Crippen MR) is 170 cm³/mol. The van der Waals surface area contributed by atoms with Gasteiger partial charge in [-0.05, 0) is 54.8 Å². The Hall–Kier alpha value is -3.97. The molecule has 1 saturated heterocycles. The number of carbonyl (C=O) groups is 2. The number of rotatable bonds is 7. The number of sulfonamides is 1. The summed E-state index contributed by atoms with van der Waals surface area (Å²) in [5, 5.41) is 0.506. The van der Waals surface area contributed by atoms with Gasteiger partial charge >= 0.3 is 6.09 Å². The van der Waals surface area contributed by atoms with E-state index in [0.717, 1.165) is 16.7 Å². The van der Waals surface area contributed by atoms with Gasteiger partial charge in [-0.1, -0.05) is 53.5 Å². The molecule has 11 nitrogen and oxygen atoms in total. The Labute approximate surface area is 271 Å². The molecule has 1 fully saturated rings. The molecule has 2 aliphatic heterocycles. The van der Waals surface area contributed by atoms with Gasteiger partial charge in [-0.25, -0.2) is 23.1 Å². The number of imidazole rings is 1. The van der Waals surface area contributed by atoms with Crippen LogP contribution in [0, 0.1) is 0 Å². The molecule has 1 unspecified atom stereocenters. The minimum atomic E-state index is -4.14. The van der Waals surface area contributed by atoms with Gasteiger partial charge in [0, 0.05) is 55.0 Å². The number of nitrogens with zero attached hydrogens (tertiary/aromatic N) is 6. The van der Waals surface area contributed by atoms with E-state index in [1.165, 1.54) is 24.9 Å². The van der Waals surface area contributed by atoms with E-state index in [2.05, 4.69) is 9.97 Å².